The molecule has 4 nitrogen and oxygen atoms in total. The van der Waals surface area contributed by atoms with Crippen molar-refractivity contribution in [2.75, 3.05) is 7.05 Å². The number of benzene rings is 1. The number of hydrogen-bond donors (Lipinski definition) is 1. The minimum Gasteiger partial charge on any atom is -0.356 e. The summed E-state index contributed by atoms with van der Waals surface area (Å²) in [7, 11) is 1.54. The van der Waals surface area contributed by atoms with E-state index >= 15 is 0 Å². The number of nitrogens with zero attached hydrogens (tertiary/aromatic N) is 2. The SMILES string of the molecule is CNC(=O)/C=C/c1c(C)nn(-c2ccc(F)cc2)c1Cl. The molecule has 1 heterocycles. The fourth-order valence-electron chi connectivity index (χ4n) is 1.70. The van der Waals surface area contributed by atoms with Crippen LogP contribution >= 0.6 is 11.6 Å². The van der Waals surface area contributed by atoms with Gasteiger partial charge in [-0.1, -0.05) is 11.6 Å². The van der Waals surface area contributed by atoms with Gasteiger partial charge in [-0.25, -0.2) is 9.07 Å². The highest BCUT2D eigenvalue weighted by molar-refractivity contribution is 6.31. The van der Waals surface area contributed by atoms with Crippen LogP contribution in [0.15, 0.2) is 30.3 Å². The van der Waals surface area contributed by atoms with Gasteiger partial charge in [0.25, 0.3) is 0 Å². The van der Waals surface area contributed by atoms with Gasteiger partial charge in [-0.2, -0.15) is 5.10 Å². The van der Waals surface area contributed by atoms with Crippen molar-refractivity contribution in [1.29, 1.82) is 0 Å². The highest BCUT2D eigenvalue weighted by Gasteiger charge is 2.12. The van der Waals surface area contributed by atoms with Gasteiger partial charge in [0, 0.05) is 18.7 Å². The molecule has 20 heavy (non-hydrogen) atoms. The average Bonchev–Trinajstić information content (AvgIpc) is 2.72. The number of likely N-dealkylation sites (N-methyl/N-ethyl adjacent to an activating group) is 1. The molecule has 0 spiro atoms. The Balaban J connectivity index is 2.41. The Morgan fingerprint density at radius 3 is 2.65 bits per heavy atom. The van der Waals surface area contributed by atoms with Gasteiger partial charge in [0.1, 0.15) is 11.0 Å². The maximum Gasteiger partial charge on any atom is 0.243 e. The molecular formula is C14H13ClFN3O. The summed E-state index contributed by atoms with van der Waals surface area (Å²) in [5.74, 6) is -0.552. The highest BCUT2D eigenvalue weighted by Crippen LogP contribution is 2.24. The Kier molecular flexibility index (Phi) is 4.20. The van der Waals surface area contributed by atoms with Gasteiger partial charge in [-0.05, 0) is 37.3 Å². The molecule has 0 atom stereocenters. The number of rotatable bonds is 3. The lowest BCUT2D eigenvalue weighted by Crippen LogP contribution is -2.13. The van der Waals surface area contributed by atoms with Crippen molar-refractivity contribution in [3.05, 3.63) is 52.6 Å². The van der Waals surface area contributed by atoms with E-state index in [0.717, 1.165) is 0 Å². The molecule has 0 bridgehead atoms. The summed E-state index contributed by atoms with van der Waals surface area (Å²) in [6, 6.07) is 5.84. The first kappa shape index (κ1) is 14.3. The molecule has 2 aromatic rings. The monoisotopic (exact) mass is 293 g/mol. The summed E-state index contributed by atoms with van der Waals surface area (Å²) in [5, 5.41) is 7.14. The fourth-order valence-corrected chi connectivity index (χ4v) is 2.03. The lowest BCUT2D eigenvalue weighted by molar-refractivity contribution is -0.115. The molecule has 0 aliphatic carbocycles. The second-order valence-corrected chi connectivity index (χ2v) is 4.48. The van der Waals surface area contributed by atoms with E-state index < -0.39 is 0 Å². The third-order valence-corrected chi connectivity index (χ3v) is 3.13. The van der Waals surface area contributed by atoms with E-state index in [-0.39, 0.29) is 11.7 Å². The third-order valence-electron chi connectivity index (χ3n) is 2.77. The van der Waals surface area contributed by atoms with Crippen molar-refractivity contribution < 1.29 is 9.18 Å². The van der Waals surface area contributed by atoms with Gasteiger partial charge in [-0.3, -0.25) is 4.79 Å². The molecule has 0 saturated carbocycles. The maximum absolute atomic E-state index is 12.9. The van der Waals surface area contributed by atoms with Gasteiger partial charge < -0.3 is 5.32 Å². The summed E-state index contributed by atoms with van der Waals surface area (Å²) in [5.41, 5.74) is 1.98. The second kappa shape index (κ2) is 5.88. The predicted octanol–water partition coefficient (Wildman–Crippen LogP) is 2.73. The molecule has 0 saturated heterocycles. The molecule has 2 rings (SSSR count). The topological polar surface area (TPSA) is 46.9 Å². The first-order valence-corrected chi connectivity index (χ1v) is 6.31. The lowest BCUT2D eigenvalue weighted by atomic mass is 10.2. The van der Waals surface area contributed by atoms with E-state index in [0.29, 0.717) is 22.1 Å². The first-order chi connectivity index (χ1) is 9.52. The highest BCUT2D eigenvalue weighted by atomic mass is 35.5. The van der Waals surface area contributed by atoms with E-state index in [4.69, 9.17) is 11.6 Å². The summed E-state index contributed by atoms with van der Waals surface area (Å²) >= 11 is 6.25. The van der Waals surface area contributed by atoms with Crippen LogP contribution in [0.25, 0.3) is 11.8 Å². The maximum atomic E-state index is 12.9. The van der Waals surface area contributed by atoms with Gasteiger partial charge in [-0.15, -0.1) is 0 Å². The van der Waals surface area contributed by atoms with E-state index in [1.807, 2.05) is 0 Å². The summed E-state index contributed by atoms with van der Waals surface area (Å²) in [4.78, 5) is 11.2. The predicted molar refractivity (Wildman–Crippen MR) is 76.4 cm³/mol. The zero-order chi connectivity index (χ0) is 14.7. The largest absolute Gasteiger partial charge is 0.356 e. The van der Waals surface area contributed by atoms with Crippen LogP contribution in [0.4, 0.5) is 4.39 Å². The van der Waals surface area contributed by atoms with E-state index in [1.165, 1.54) is 22.9 Å². The minimum atomic E-state index is -0.325. The Morgan fingerprint density at radius 2 is 2.05 bits per heavy atom. The van der Waals surface area contributed by atoms with Crippen molar-refractivity contribution in [3.63, 3.8) is 0 Å². The number of carbonyl (C=O) groups is 1. The van der Waals surface area contributed by atoms with E-state index in [9.17, 15) is 9.18 Å². The minimum absolute atomic E-state index is 0.227. The van der Waals surface area contributed by atoms with Crippen LogP contribution in [0.1, 0.15) is 11.3 Å². The van der Waals surface area contributed by atoms with Gasteiger partial charge in [0.15, 0.2) is 0 Å². The molecule has 0 radical (unpaired) electrons. The standard InChI is InChI=1S/C14H13ClFN3O/c1-9-12(7-8-13(20)17-2)14(15)19(18-9)11-5-3-10(16)4-6-11/h3-8H,1-2H3,(H,17,20)/b8-7+. The van der Waals surface area contributed by atoms with Crippen LogP contribution in [0.3, 0.4) is 0 Å². The molecule has 1 N–H and O–H groups in total. The number of hydrogen-bond acceptors (Lipinski definition) is 2. The fraction of sp³-hybridized carbons (Fsp3) is 0.143. The molecule has 6 heteroatoms. The summed E-state index contributed by atoms with van der Waals surface area (Å²) < 4.78 is 14.4. The molecule has 1 amide bonds. The normalized spacial score (nSPS) is 11.0. The van der Waals surface area contributed by atoms with Crippen LogP contribution in [0, 0.1) is 12.7 Å². The Morgan fingerprint density at radius 1 is 1.40 bits per heavy atom. The Hall–Kier alpha value is -2.14. The number of amides is 1. The summed E-state index contributed by atoms with van der Waals surface area (Å²) in [6.45, 7) is 1.79. The first-order valence-electron chi connectivity index (χ1n) is 5.93. The smallest absolute Gasteiger partial charge is 0.243 e. The van der Waals surface area contributed by atoms with Crippen molar-refractivity contribution in [3.8, 4) is 5.69 Å². The van der Waals surface area contributed by atoms with Gasteiger partial charge in [0.2, 0.25) is 5.91 Å². The third kappa shape index (κ3) is 2.88. The number of nitrogens with one attached hydrogen (secondary N) is 1. The van der Waals surface area contributed by atoms with Crippen LogP contribution in [0.2, 0.25) is 5.15 Å². The van der Waals surface area contributed by atoms with Crippen molar-refractivity contribution >= 4 is 23.6 Å². The van der Waals surface area contributed by atoms with Crippen molar-refractivity contribution in [2.45, 2.75) is 6.92 Å². The lowest BCUT2D eigenvalue weighted by Gasteiger charge is -2.02. The van der Waals surface area contributed by atoms with Crippen LogP contribution in [-0.4, -0.2) is 22.7 Å². The van der Waals surface area contributed by atoms with Crippen molar-refractivity contribution in [1.82, 2.24) is 15.1 Å². The van der Waals surface area contributed by atoms with Gasteiger partial charge in [0.05, 0.1) is 11.4 Å². The molecule has 0 unspecified atom stereocenters. The summed E-state index contributed by atoms with van der Waals surface area (Å²) in [6.07, 6.45) is 2.98. The molecular weight excluding hydrogens is 281 g/mol. The quantitative estimate of drug-likeness (QED) is 0.885. The molecule has 104 valence electrons. The van der Waals surface area contributed by atoms with Crippen LogP contribution in [-0.2, 0) is 4.79 Å². The molecule has 0 aliphatic rings. The van der Waals surface area contributed by atoms with Crippen molar-refractivity contribution in [2.24, 2.45) is 0 Å². The molecule has 1 aromatic heterocycles. The zero-order valence-corrected chi connectivity index (χ0v) is 11.8. The number of carbonyl (C=O) groups excluding carboxylic acids is 1. The molecule has 0 fully saturated rings. The number of aromatic nitrogens is 2. The van der Waals surface area contributed by atoms with Crippen LogP contribution in [0.5, 0.6) is 0 Å². The Labute approximate surface area is 120 Å². The second-order valence-electron chi connectivity index (χ2n) is 4.13. The number of aryl methyl sites for hydroxylation is 1. The number of halogens is 2. The zero-order valence-electron chi connectivity index (χ0n) is 11.0. The Bertz CT molecular complexity index is 662. The average molecular weight is 294 g/mol. The van der Waals surface area contributed by atoms with Crippen LogP contribution < -0.4 is 5.32 Å². The van der Waals surface area contributed by atoms with Gasteiger partial charge >= 0.3 is 0 Å². The molecule has 0 aliphatic heterocycles. The van der Waals surface area contributed by atoms with E-state index in [1.54, 1.807) is 32.2 Å². The molecule has 1 aromatic carbocycles. The van der Waals surface area contributed by atoms with E-state index in [2.05, 4.69) is 10.4 Å².